The first-order valence-corrected chi connectivity index (χ1v) is 9.30. The molecule has 0 aromatic heterocycles. The number of nitrogens with two attached hydrogens (primary N) is 1. The summed E-state index contributed by atoms with van der Waals surface area (Å²) in [5.74, 6) is -0.0446. The summed E-state index contributed by atoms with van der Waals surface area (Å²) in [6.45, 7) is 5.36. The average molecular weight is 378 g/mol. The van der Waals surface area contributed by atoms with Gasteiger partial charge in [0.25, 0.3) is 0 Å². The Balaban J connectivity index is 2.13. The van der Waals surface area contributed by atoms with Crippen LogP contribution in [0, 0.1) is 0 Å². The van der Waals surface area contributed by atoms with Crippen LogP contribution in [0.5, 0.6) is 11.5 Å². The van der Waals surface area contributed by atoms with Gasteiger partial charge in [-0.15, -0.1) is 0 Å². The third-order valence-electron chi connectivity index (χ3n) is 4.38. The molecule has 1 aliphatic carbocycles. The maximum Gasteiger partial charge on any atom is 0.407 e. The number of carbonyl (C=O) groups excluding carboxylic acids is 2. The Morgan fingerprint density at radius 3 is 2.44 bits per heavy atom. The fraction of sp³-hybridized carbons (Fsp3) is 0.600. The van der Waals surface area contributed by atoms with Gasteiger partial charge in [0.2, 0.25) is 5.91 Å². The van der Waals surface area contributed by atoms with E-state index in [-0.39, 0.29) is 12.6 Å². The van der Waals surface area contributed by atoms with Crippen molar-refractivity contribution in [1.29, 1.82) is 0 Å². The van der Waals surface area contributed by atoms with E-state index in [9.17, 15) is 9.59 Å². The highest BCUT2D eigenvalue weighted by molar-refractivity contribution is 5.83. The predicted molar refractivity (Wildman–Crippen MR) is 102 cm³/mol. The molecule has 27 heavy (non-hydrogen) atoms. The first-order valence-electron chi connectivity index (χ1n) is 9.30. The molecular weight excluding hydrogens is 348 g/mol. The highest BCUT2D eigenvalue weighted by Gasteiger charge is 2.24. The molecule has 150 valence electrons. The van der Waals surface area contributed by atoms with Gasteiger partial charge in [-0.05, 0) is 64.2 Å². The Hall–Kier alpha value is -2.44. The molecule has 0 bridgehead atoms. The van der Waals surface area contributed by atoms with E-state index in [1.165, 1.54) is 0 Å². The van der Waals surface area contributed by atoms with E-state index in [4.69, 9.17) is 19.9 Å². The zero-order valence-electron chi connectivity index (χ0n) is 16.5. The SMILES string of the molecule is COc1ccc(C(CNC(=O)OC(C)(C)C)C(N)=O)cc1OC1CCCC1. The molecule has 1 fully saturated rings. The Morgan fingerprint density at radius 1 is 1.22 bits per heavy atom. The molecule has 0 radical (unpaired) electrons. The number of nitrogens with one attached hydrogen (secondary N) is 1. The summed E-state index contributed by atoms with van der Waals surface area (Å²) in [5, 5.41) is 2.61. The normalized spacial score (nSPS) is 15.9. The van der Waals surface area contributed by atoms with Gasteiger partial charge in [-0.1, -0.05) is 6.07 Å². The second-order valence-electron chi connectivity index (χ2n) is 7.77. The van der Waals surface area contributed by atoms with Crippen LogP contribution in [-0.2, 0) is 9.53 Å². The van der Waals surface area contributed by atoms with Crippen molar-refractivity contribution in [2.45, 2.75) is 64.1 Å². The van der Waals surface area contributed by atoms with Crippen LogP contribution < -0.4 is 20.5 Å². The van der Waals surface area contributed by atoms with Crippen LogP contribution in [0.25, 0.3) is 0 Å². The van der Waals surface area contributed by atoms with Crippen LogP contribution in [-0.4, -0.2) is 37.4 Å². The minimum atomic E-state index is -0.700. The number of hydrogen-bond donors (Lipinski definition) is 2. The summed E-state index contributed by atoms with van der Waals surface area (Å²) in [7, 11) is 1.58. The van der Waals surface area contributed by atoms with Crippen LogP contribution >= 0.6 is 0 Å². The van der Waals surface area contributed by atoms with Gasteiger partial charge in [-0.2, -0.15) is 0 Å². The second kappa shape index (κ2) is 8.97. The number of carbonyl (C=O) groups is 2. The molecular formula is C20H30N2O5. The summed E-state index contributed by atoms with van der Waals surface area (Å²) >= 11 is 0. The highest BCUT2D eigenvalue weighted by Crippen LogP contribution is 2.34. The van der Waals surface area contributed by atoms with Crippen LogP contribution in [0.3, 0.4) is 0 Å². The average Bonchev–Trinajstić information content (AvgIpc) is 3.06. The van der Waals surface area contributed by atoms with Crippen molar-refractivity contribution in [1.82, 2.24) is 5.32 Å². The van der Waals surface area contributed by atoms with E-state index in [1.54, 1.807) is 46.1 Å². The van der Waals surface area contributed by atoms with Crippen molar-refractivity contribution in [3.8, 4) is 11.5 Å². The molecule has 2 amide bonds. The molecule has 1 aromatic rings. The minimum absolute atomic E-state index is 0.0411. The summed E-state index contributed by atoms with van der Waals surface area (Å²) in [6, 6.07) is 5.28. The number of primary amides is 1. The highest BCUT2D eigenvalue weighted by atomic mass is 16.6. The molecule has 3 N–H and O–H groups in total. The molecule has 7 nitrogen and oxygen atoms in total. The van der Waals surface area contributed by atoms with Gasteiger partial charge in [0.05, 0.1) is 19.1 Å². The van der Waals surface area contributed by atoms with Crippen molar-refractivity contribution < 1.29 is 23.8 Å². The van der Waals surface area contributed by atoms with Crippen molar-refractivity contribution >= 4 is 12.0 Å². The zero-order chi connectivity index (χ0) is 20.0. The van der Waals surface area contributed by atoms with E-state index >= 15 is 0 Å². The number of methoxy groups -OCH3 is 1. The van der Waals surface area contributed by atoms with Crippen molar-refractivity contribution in [3.63, 3.8) is 0 Å². The smallest absolute Gasteiger partial charge is 0.407 e. The summed E-state index contributed by atoms with van der Waals surface area (Å²) in [4.78, 5) is 23.9. The Bertz CT molecular complexity index is 663. The van der Waals surface area contributed by atoms with Gasteiger partial charge < -0.3 is 25.3 Å². The van der Waals surface area contributed by atoms with Gasteiger partial charge in [0.1, 0.15) is 5.60 Å². The maximum absolute atomic E-state index is 12.0. The van der Waals surface area contributed by atoms with Crippen molar-refractivity contribution in [2.24, 2.45) is 5.73 Å². The fourth-order valence-electron chi connectivity index (χ4n) is 3.07. The van der Waals surface area contributed by atoms with Gasteiger partial charge in [0, 0.05) is 6.54 Å². The molecule has 1 saturated carbocycles. The lowest BCUT2D eigenvalue weighted by Gasteiger charge is -2.22. The summed E-state index contributed by atoms with van der Waals surface area (Å²) in [6.07, 6.45) is 3.87. The molecule has 1 unspecified atom stereocenters. The molecule has 1 aliphatic rings. The number of ether oxygens (including phenoxy) is 3. The minimum Gasteiger partial charge on any atom is -0.493 e. The van der Waals surface area contributed by atoms with E-state index in [2.05, 4.69) is 5.32 Å². The number of rotatable bonds is 7. The Kier molecular flexibility index (Phi) is 6.93. The monoisotopic (exact) mass is 378 g/mol. The third kappa shape index (κ3) is 6.34. The lowest BCUT2D eigenvalue weighted by Crippen LogP contribution is -2.38. The first kappa shape index (κ1) is 20.9. The van der Waals surface area contributed by atoms with E-state index in [1.807, 2.05) is 0 Å². The predicted octanol–water partition coefficient (Wildman–Crippen LogP) is 3.11. The molecule has 1 aromatic carbocycles. The first-order chi connectivity index (χ1) is 12.7. The molecule has 1 atom stereocenters. The molecule has 0 heterocycles. The van der Waals surface area contributed by atoms with Gasteiger partial charge >= 0.3 is 6.09 Å². The number of alkyl carbamates (subject to hydrolysis) is 1. The lowest BCUT2D eigenvalue weighted by atomic mass is 9.98. The molecule has 0 aliphatic heterocycles. The topological polar surface area (TPSA) is 99.9 Å². The number of benzene rings is 1. The standard InChI is InChI=1S/C20H30N2O5/c1-20(2,3)27-19(24)22-12-15(18(21)23)13-9-10-16(25-4)17(11-13)26-14-7-5-6-8-14/h9-11,14-15H,5-8,12H2,1-4H3,(H2,21,23)(H,22,24). The second-order valence-corrected chi connectivity index (χ2v) is 7.77. The molecule has 0 saturated heterocycles. The third-order valence-corrected chi connectivity index (χ3v) is 4.38. The quantitative estimate of drug-likeness (QED) is 0.759. The number of amides is 2. The van der Waals surface area contributed by atoms with Gasteiger partial charge in [-0.3, -0.25) is 4.79 Å². The lowest BCUT2D eigenvalue weighted by molar-refractivity contribution is -0.119. The summed E-state index contributed by atoms with van der Waals surface area (Å²) in [5.41, 5.74) is 5.61. The van der Waals surface area contributed by atoms with E-state index < -0.39 is 23.5 Å². The Labute approximate surface area is 160 Å². The van der Waals surface area contributed by atoms with Crippen molar-refractivity contribution in [3.05, 3.63) is 23.8 Å². The van der Waals surface area contributed by atoms with Gasteiger partial charge in [-0.25, -0.2) is 4.79 Å². The van der Waals surface area contributed by atoms with Crippen LogP contribution in [0.1, 0.15) is 57.9 Å². The van der Waals surface area contributed by atoms with Crippen molar-refractivity contribution in [2.75, 3.05) is 13.7 Å². The van der Waals surface area contributed by atoms with Crippen LogP contribution in [0.4, 0.5) is 4.79 Å². The summed E-state index contributed by atoms with van der Waals surface area (Å²) < 4.78 is 16.6. The molecule has 0 spiro atoms. The zero-order valence-corrected chi connectivity index (χ0v) is 16.5. The van der Waals surface area contributed by atoms with E-state index in [0.29, 0.717) is 17.1 Å². The van der Waals surface area contributed by atoms with Gasteiger partial charge in [0.15, 0.2) is 11.5 Å². The molecule has 7 heteroatoms. The van der Waals surface area contributed by atoms with Crippen LogP contribution in [0.2, 0.25) is 0 Å². The van der Waals surface area contributed by atoms with E-state index in [0.717, 1.165) is 25.7 Å². The van der Waals surface area contributed by atoms with Crippen LogP contribution in [0.15, 0.2) is 18.2 Å². The molecule has 2 rings (SSSR count). The number of hydrogen-bond acceptors (Lipinski definition) is 5. The largest absolute Gasteiger partial charge is 0.493 e. The fourth-order valence-corrected chi connectivity index (χ4v) is 3.07. The maximum atomic E-state index is 12.0. The Morgan fingerprint density at radius 2 is 1.89 bits per heavy atom.